The Morgan fingerprint density at radius 3 is 2.67 bits per heavy atom. The third kappa shape index (κ3) is 2.95. The highest BCUT2D eigenvalue weighted by Crippen LogP contribution is 2.19. The summed E-state index contributed by atoms with van der Waals surface area (Å²) in [5.74, 6) is 0.826. The van der Waals surface area contributed by atoms with Crippen LogP contribution in [0.5, 0.6) is 0 Å². The Balaban J connectivity index is 1.71. The van der Waals surface area contributed by atoms with Crippen molar-refractivity contribution in [3.05, 3.63) is 36.0 Å². The van der Waals surface area contributed by atoms with E-state index in [1.165, 1.54) is 0 Å². The van der Waals surface area contributed by atoms with Gasteiger partial charge in [-0.05, 0) is 18.1 Å². The highest BCUT2D eigenvalue weighted by atomic mass is 16.2. The van der Waals surface area contributed by atoms with E-state index in [4.69, 9.17) is 0 Å². The monoisotopic (exact) mass is 285 g/mol. The molecule has 1 amide bonds. The summed E-state index contributed by atoms with van der Waals surface area (Å²) < 4.78 is 0. The standard InChI is InChI=1S/C17H23N3O/c1-13(2)12-19-8-10-20(11-9-19)17(21)15-5-3-4-14-6-7-18-16(14)15/h3-7,13,18H,8-12H2,1-2H3. The fraction of sp³-hybridized carbons (Fsp3) is 0.471. The minimum atomic E-state index is 0.146. The summed E-state index contributed by atoms with van der Waals surface area (Å²) in [7, 11) is 0. The largest absolute Gasteiger partial charge is 0.361 e. The third-order valence-corrected chi connectivity index (χ3v) is 4.10. The minimum Gasteiger partial charge on any atom is -0.361 e. The van der Waals surface area contributed by atoms with E-state index in [1.807, 2.05) is 35.4 Å². The van der Waals surface area contributed by atoms with Crippen LogP contribution in [-0.2, 0) is 0 Å². The van der Waals surface area contributed by atoms with Crippen molar-refractivity contribution in [2.24, 2.45) is 5.92 Å². The van der Waals surface area contributed by atoms with Gasteiger partial charge in [0.1, 0.15) is 0 Å². The molecule has 0 aliphatic carbocycles. The average Bonchev–Trinajstić information content (AvgIpc) is 2.95. The van der Waals surface area contributed by atoms with Crippen LogP contribution < -0.4 is 0 Å². The van der Waals surface area contributed by atoms with E-state index in [0.717, 1.165) is 49.2 Å². The van der Waals surface area contributed by atoms with Crippen molar-refractivity contribution in [1.29, 1.82) is 0 Å². The van der Waals surface area contributed by atoms with E-state index < -0.39 is 0 Å². The van der Waals surface area contributed by atoms with E-state index in [1.54, 1.807) is 0 Å². The zero-order valence-electron chi connectivity index (χ0n) is 12.8. The molecule has 4 nitrogen and oxygen atoms in total. The van der Waals surface area contributed by atoms with Crippen LogP contribution in [0.3, 0.4) is 0 Å². The predicted molar refractivity (Wildman–Crippen MR) is 85.5 cm³/mol. The number of hydrogen-bond acceptors (Lipinski definition) is 2. The highest BCUT2D eigenvalue weighted by Gasteiger charge is 2.23. The molecule has 0 atom stereocenters. The number of para-hydroxylation sites is 1. The van der Waals surface area contributed by atoms with Crippen molar-refractivity contribution >= 4 is 16.8 Å². The van der Waals surface area contributed by atoms with Crippen LogP contribution in [0.15, 0.2) is 30.5 Å². The Morgan fingerprint density at radius 1 is 1.19 bits per heavy atom. The summed E-state index contributed by atoms with van der Waals surface area (Å²) in [5.41, 5.74) is 1.74. The van der Waals surface area contributed by atoms with Crippen molar-refractivity contribution < 1.29 is 4.79 Å². The fourth-order valence-electron chi connectivity index (χ4n) is 3.08. The van der Waals surface area contributed by atoms with Gasteiger partial charge in [0.05, 0.1) is 11.1 Å². The van der Waals surface area contributed by atoms with Gasteiger partial charge in [-0.2, -0.15) is 0 Å². The summed E-state index contributed by atoms with van der Waals surface area (Å²) in [6.45, 7) is 9.20. The van der Waals surface area contributed by atoms with Gasteiger partial charge in [-0.15, -0.1) is 0 Å². The van der Waals surface area contributed by atoms with Crippen molar-refractivity contribution in [2.75, 3.05) is 32.7 Å². The molecule has 0 radical (unpaired) electrons. The van der Waals surface area contributed by atoms with Gasteiger partial charge in [-0.1, -0.05) is 26.0 Å². The number of rotatable bonds is 3. The lowest BCUT2D eigenvalue weighted by Gasteiger charge is -2.35. The molecule has 0 spiro atoms. The first-order valence-corrected chi connectivity index (χ1v) is 7.73. The van der Waals surface area contributed by atoms with Crippen LogP contribution in [0.2, 0.25) is 0 Å². The van der Waals surface area contributed by atoms with E-state index >= 15 is 0 Å². The Morgan fingerprint density at radius 2 is 1.95 bits per heavy atom. The molecule has 1 aliphatic heterocycles. The van der Waals surface area contributed by atoms with Gasteiger partial charge in [0.25, 0.3) is 5.91 Å². The number of nitrogens with one attached hydrogen (secondary N) is 1. The lowest BCUT2D eigenvalue weighted by Crippen LogP contribution is -2.49. The Hall–Kier alpha value is -1.81. The first kappa shape index (κ1) is 14.1. The third-order valence-electron chi connectivity index (χ3n) is 4.10. The SMILES string of the molecule is CC(C)CN1CCN(C(=O)c2cccc3cc[nH]c23)CC1. The van der Waals surface area contributed by atoms with Crippen molar-refractivity contribution in [2.45, 2.75) is 13.8 Å². The molecule has 4 heteroatoms. The number of hydrogen-bond donors (Lipinski definition) is 1. The Bertz CT molecular complexity index is 624. The van der Waals surface area contributed by atoms with Crippen LogP contribution in [0.1, 0.15) is 24.2 Å². The van der Waals surface area contributed by atoms with Crippen LogP contribution in [0, 0.1) is 5.92 Å². The van der Waals surface area contributed by atoms with E-state index in [2.05, 4.69) is 23.7 Å². The molecule has 0 saturated carbocycles. The van der Waals surface area contributed by atoms with Gasteiger partial charge in [-0.3, -0.25) is 9.69 Å². The molecule has 1 fully saturated rings. The first-order chi connectivity index (χ1) is 10.1. The number of aromatic nitrogens is 1. The molecule has 1 aliphatic rings. The van der Waals surface area contributed by atoms with Gasteiger partial charge in [0, 0.05) is 44.3 Å². The van der Waals surface area contributed by atoms with Crippen LogP contribution in [0.25, 0.3) is 10.9 Å². The maximum atomic E-state index is 12.7. The fourth-order valence-corrected chi connectivity index (χ4v) is 3.08. The normalized spacial score (nSPS) is 16.8. The van der Waals surface area contributed by atoms with E-state index in [9.17, 15) is 4.79 Å². The van der Waals surface area contributed by atoms with E-state index in [0.29, 0.717) is 5.92 Å². The van der Waals surface area contributed by atoms with Crippen LogP contribution in [0.4, 0.5) is 0 Å². The summed E-state index contributed by atoms with van der Waals surface area (Å²) >= 11 is 0. The molecule has 2 heterocycles. The zero-order valence-corrected chi connectivity index (χ0v) is 12.8. The molecule has 112 valence electrons. The highest BCUT2D eigenvalue weighted by molar-refractivity contribution is 6.05. The predicted octanol–water partition coefficient (Wildman–Crippen LogP) is 2.58. The molecule has 2 aromatic rings. The zero-order chi connectivity index (χ0) is 14.8. The van der Waals surface area contributed by atoms with Crippen LogP contribution >= 0.6 is 0 Å². The number of aromatic amines is 1. The number of carbonyl (C=O) groups excluding carboxylic acids is 1. The second-order valence-corrected chi connectivity index (χ2v) is 6.23. The number of benzene rings is 1. The molecule has 21 heavy (non-hydrogen) atoms. The van der Waals surface area contributed by atoms with E-state index in [-0.39, 0.29) is 5.91 Å². The minimum absolute atomic E-state index is 0.146. The number of fused-ring (bicyclic) bond motifs is 1. The number of piperazine rings is 1. The topological polar surface area (TPSA) is 39.3 Å². The molecule has 1 saturated heterocycles. The summed E-state index contributed by atoms with van der Waals surface area (Å²) in [6.07, 6.45) is 1.89. The smallest absolute Gasteiger partial charge is 0.256 e. The Labute approximate surface area is 125 Å². The summed E-state index contributed by atoms with van der Waals surface area (Å²) in [6, 6.07) is 7.91. The van der Waals surface area contributed by atoms with Gasteiger partial charge in [0.2, 0.25) is 0 Å². The van der Waals surface area contributed by atoms with Crippen LogP contribution in [-0.4, -0.2) is 53.4 Å². The lowest BCUT2D eigenvalue weighted by atomic mass is 10.1. The van der Waals surface area contributed by atoms with Crippen molar-refractivity contribution in [1.82, 2.24) is 14.8 Å². The summed E-state index contributed by atoms with van der Waals surface area (Å²) in [5, 5.41) is 1.10. The van der Waals surface area contributed by atoms with Gasteiger partial charge >= 0.3 is 0 Å². The van der Waals surface area contributed by atoms with Crippen molar-refractivity contribution in [3.8, 4) is 0 Å². The number of H-pyrrole nitrogens is 1. The van der Waals surface area contributed by atoms with Gasteiger partial charge in [-0.25, -0.2) is 0 Å². The number of amides is 1. The van der Waals surface area contributed by atoms with Crippen molar-refractivity contribution in [3.63, 3.8) is 0 Å². The molecule has 3 rings (SSSR count). The molecule has 0 bridgehead atoms. The number of nitrogens with zero attached hydrogens (tertiary/aromatic N) is 2. The maximum Gasteiger partial charge on any atom is 0.256 e. The maximum absolute atomic E-state index is 12.7. The van der Waals surface area contributed by atoms with Gasteiger partial charge in [0.15, 0.2) is 0 Å². The molecule has 1 aromatic carbocycles. The lowest BCUT2D eigenvalue weighted by molar-refractivity contribution is 0.0625. The van der Waals surface area contributed by atoms with Gasteiger partial charge < -0.3 is 9.88 Å². The molecular weight excluding hydrogens is 262 g/mol. The molecule has 1 N–H and O–H groups in total. The first-order valence-electron chi connectivity index (χ1n) is 7.73. The molecular formula is C17H23N3O. The number of carbonyl (C=O) groups is 1. The second kappa shape index (κ2) is 5.90. The Kier molecular flexibility index (Phi) is 3.97. The molecule has 0 unspecified atom stereocenters. The molecule has 1 aromatic heterocycles. The average molecular weight is 285 g/mol. The quantitative estimate of drug-likeness (QED) is 0.941. The summed E-state index contributed by atoms with van der Waals surface area (Å²) in [4.78, 5) is 20.3. The second-order valence-electron chi connectivity index (χ2n) is 6.23.